The van der Waals surface area contributed by atoms with Crippen molar-refractivity contribution in [2.75, 3.05) is 64.0 Å². The van der Waals surface area contributed by atoms with Gasteiger partial charge in [0, 0.05) is 63.2 Å². The van der Waals surface area contributed by atoms with E-state index in [1.807, 2.05) is 10.7 Å². The average molecular weight is 508 g/mol. The third-order valence-corrected chi connectivity index (χ3v) is 8.16. The molecule has 3 saturated heterocycles. The zero-order chi connectivity index (χ0) is 25.2. The van der Waals surface area contributed by atoms with Crippen molar-refractivity contribution in [3.63, 3.8) is 0 Å². The molecule has 0 aromatic carbocycles. The summed E-state index contributed by atoms with van der Waals surface area (Å²) in [5, 5.41) is 8.13. The van der Waals surface area contributed by atoms with Crippen LogP contribution in [0.15, 0.2) is 42.8 Å². The number of rotatable bonds is 6. The van der Waals surface area contributed by atoms with E-state index in [1.54, 1.807) is 4.90 Å². The van der Waals surface area contributed by atoms with Crippen molar-refractivity contribution in [2.24, 2.45) is 5.92 Å². The molecule has 4 aliphatic rings. The second-order valence-corrected chi connectivity index (χ2v) is 10.4. The summed E-state index contributed by atoms with van der Waals surface area (Å²) in [6, 6.07) is 4.30. The van der Waals surface area contributed by atoms with Crippen molar-refractivity contribution in [3.05, 3.63) is 48.3 Å². The number of carbonyl (C=O) groups is 1. The molecule has 3 fully saturated rings. The smallest absolute Gasteiger partial charge is 0.410 e. The van der Waals surface area contributed by atoms with Crippen LogP contribution < -0.4 is 10.2 Å². The van der Waals surface area contributed by atoms with E-state index in [-0.39, 0.29) is 17.8 Å². The van der Waals surface area contributed by atoms with E-state index in [1.165, 1.54) is 11.1 Å². The molecular formula is C28H37N5O4. The highest BCUT2D eigenvalue weighted by Crippen LogP contribution is 2.38. The largest absolute Gasteiger partial charge is 0.441 e. The van der Waals surface area contributed by atoms with Gasteiger partial charge in [0.2, 0.25) is 0 Å². The molecule has 5 heterocycles. The van der Waals surface area contributed by atoms with Crippen molar-refractivity contribution in [2.45, 2.75) is 37.9 Å². The summed E-state index contributed by atoms with van der Waals surface area (Å²) in [5.41, 5.74) is 4.52. The molecule has 0 radical (unpaired) electrons. The number of piperazine rings is 1. The van der Waals surface area contributed by atoms with Crippen LogP contribution in [-0.4, -0.2) is 91.4 Å². The van der Waals surface area contributed by atoms with Crippen molar-refractivity contribution in [1.82, 2.24) is 19.8 Å². The lowest BCUT2D eigenvalue weighted by molar-refractivity contribution is -0.104. The molecule has 198 valence electrons. The molecule has 0 saturated carbocycles. The first-order valence-electron chi connectivity index (χ1n) is 13.6. The fourth-order valence-corrected chi connectivity index (χ4v) is 6.01. The van der Waals surface area contributed by atoms with Crippen LogP contribution in [0.1, 0.15) is 31.7 Å². The molecule has 9 nitrogen and oxygen atoms in total. The lowest BCUT2D eigenvalue weighted by atomic mass is 9.76. The van der Waals surface area contributed by atoms with E-state index in [2.05, 4.69) is 58.8 Å². The molecule has 0 spiro atoms. The number of fused-ring (bicyclic) bond motifs is 1. The number of allylic oxidation sites excluding steroid dienone is 3. The van der Waals surface area contributed by atoms with E-state index in [4.69, 9.17) is 14.2 Å². The van der Waals surface area contributed by atoms with Crippen LogP contribution in [0, 0.1) is 5.92 Å². The van der Waals surface area contributed by atoms with Crippen molar-refractivity contribution >= 4 is 22.9 Å². The summed E-state index contributed by atoms with van der Waals surface area (Å²) in [7, 11) is 0. The van der Waals surface area contributed by atoms with Gasteiger partial charge in [0.1, 0.15) is 0 Å². The Morgan fingerprint density at radius 1 is 1.27 bits per heavy atom. The molecule has 6 rings (SSSR count). The van der Waals surface area contributed by atoms with Gasteiger partial charge in [-0.2, -0.15) is 5.10 Å². The Labute approximate surface area is 218 Å². The molecule has 2 aromatic rings. The van der Waals surface area contributed by atoms with Crippen LogP contribution in [0.5, 0.6) is 0 Å². The van der Waals surface area contributed by atoms with Gasteiger partial charge in [0.05, 0.1) is 30.0 Å². The van der Waals surface area contributed by atoms with Gasteiger partial charge in [0.25, 0.3) is 0 Å². The fraction of sp³-hybridized carbons (Fsp3) is 0.571. The van der Waals surface area contributed by atoms with E-state index in [0.29, 0.717) is 32.2 Å². The third-order valence-electron chi connectivity index (χ3n) is 8.16. The Hall–Kier alpha value is -2.88. The second kappa shape index (κ2) is 10.5. The molecule has 1 aliphatic carbocycles. The van der Waals surface area contributed by atoms with Gasteiger partial charge in [-0.25, -0.2) is 9.31 Å². The van der Waals surface area contributed by atoms with E-state index in [0.717, 1.165) is 63.3 Å². The number of aromatic nitrogens is 2. The zero-order valence-corrected chi connectivity index (χ0v) is 21.6. The number of ether oxygens (including phenoxy) is 3. The third kappa shape index (κ3) is 4.87. The quantitative estimate of drug-likeness (QED) is 0.644. The van der Waals surface area contributed by atoms with Crippen molar-refractivity contribution in [1.29, 1.82) is 0 Å². The number of hydrogen-bond acceptors (Lipinski definition) is 7. The molecule has 1 unspecified atom stereocenters. The van der Waals surface area contributed by atoms with Crippen LogP contribution >= 0.6 is 0 Å². The minimum Gasteiger partial charge on any atom is -0.441 e. The molecule has 0 bridgehead atoms. The van der Waals surface area contributed by atoms with E-state index >= 15 is 0 Å². The van der Waals surface area contributed by atoms with Crippen LogP contribution in [0.4, 0.5) is 10.5 Å². The number of piperidine rings is 1. The highest BCUT2D eigenvalue weighted by Gasteiger charge is 2.39. The highest BCUT2D eigenvalue weighted by atomic mass is 16.6. The molecule has 2 aromatic heterocycles. The maximum absolute atomic E-state index is 12.4. The number of anilines is 1. The minimum atomic E-state index is -0.234. The molecule has 3 aliphatic heterocycles. The number of hydrogen-bond donors (Lipinski definition) is 1. The van der Waals surface area contributed by atoms with E-state index in [9.17, 15) is 4.79 Å². The Kier molecular flexibility index (Phi) is 6.92. The predicted octanol–water partition coefficient (Wildman–Crippen LogP) is 3.11. The number of nitrogens with zero attached hydrogens (tertiary/aromatic N) is 4. The molecule has 1 amide bonds. The lowest BCUT2D eigenvalue weighted by Crippen LogP contribution is -2.52. The first-order chi connectivity index (χ1) is 18.1. The number of carbonyl (C=O) groups excluding carboxylic acids is 1. The fourth-order valence-electron chi connectivity index (χ4n) is 6.01. The summed E-state index contributed by atoms with van der Waals surface area (Å²) in [6.07, 6.45) is 13.8. The topological polar surface area (TPSA) is 80.6 Å². The van der Waals surface area contributed by atoms with Crippen LogP contribution in [0.25, 0.3) is 11.1 Å². The van der Waals surface area contributed by atoms with Gasteiger partial charge in [-0.1, -0.05) is 18.2 Å². The monoisotopic (exact) mass is 507 g/mol. The van der Waals surface area contributed by atoms with Crippen molar-refractivity contribution < 1.29 is 19.0 Å². The molecular weight excluding hydrogens is 470 g/mol. The molecule has 37 heavy (non-hydrogen) atoms. The Morgan fingerprint density at radius 2 is 2.14 bits per heavy atom. The zero-order valence-electron chi connectivity index (χ0n) is 21.6. The van der Waals surface area contributed by atoms with Crippen LogP contribution in [0.2, 0.25) is 0 Å². The van der Waals surface area contributed by atoms with Gasteiger partial charge in [-0.3, -0.25) is 0 Å². The van der Waals surface area contributed by atoms with Crippen LogP contribution in [0.3, 0.4) is 0 Å². The standard InChI is InChI=1S/C28H37N5O4/c1-2-36-28(9-3-10-29-20-28)23-6-4-21(5-7-23)22-16-26-25(8-11-30-33(26)17-22)31-12-14-32(15-13-31)27(34)37-24-18-35-19-24/h4-6,8,11,16-17,23-24,29H,2-3,7,9-10,12-15,18-20H2,1H3/t23?,28-/m1/s1. The molecule has 9 heteroatoms. The second-order valence-electron chi connectivity index (χ2n) is 10.4. The highest BCUT2D eigenvalue weighted by molar-refractivity contribution is 5.82. The van der Waals surface area contributed by atoms with Gasteiger partial charge in [-0.05, 0) is 50.4 Å². The summed E-state index contributed by atoms with van der Waals surface area (Å²) in [5.74, 6) is 0.384. The van der Waals surface area contributed by atoms with E-state index < -0.39 is 0 Å². The number of nitrogens with one attached hydrogen (secondary N) is 1. The molecule has 1 N–H and O–H groups in total. The summed E-state index contributed by atoms with van der Waals surface area (Å²) >= 11 is 0. The first kappa shape index (κ1) is 24.5. The SMILES string of the molecule is CCO[C@]1(C2C=CC(c3cc4c(N5CCN(C(=O)OC6COC6)CC5)ccnn4c3)=CC2)CCCNC1. The van der Waals surface area contributed by atoms with Crippen molar-refractivity contribution in [3.8, 4) is 0 Å². The molecule has 2 atom stereocenters. The Balaban J connectivity index is 1.14. The Morgan fingerprint density at radius 3 is 2.81 bits per heavy atom. The van der Waals surface area contributed by atoms with Gasteiger partial charge >= 0.3 is 6.09 Å². The van der Waals surface area contributed by atoms with Gasteiger partial charge in [0.15, 0.2) is 6.10 Å². The lowest BCUT2D eigenvalue weighted by Gasteiger charge is -2.43. The number of amides is 1. The normalized spacial score (nSPS) is 26.7. The maximum Gasteiger partial charge on any atom is 0.410 e. The average Bonchev–Trinajstić information content (AvgIpc) is 3.36. The maximum atomic E-state index is 12.4. The first-order valence-corrected chi connectivity index (χ1v) is 13.6. The minimum absolute atomic E-state index is 0.0908. The Bertz CT molecular complexity index is 1170. The summed E-state index contributed by atoms with van der Waals surface area (Å²) in [4.78, 5) is 16.5. The summed E-state index contributed by atoms with van der Waals surface area (Å²) in [6.45, 7) is 8.65. The van der Waals surface area contributed by atoms with Gasteiger partial charge in [-0.15, -0.1) is 0 Å². The van der Waals surface area contributed by atoms with Gasteiger partial charge < -0.3 is 29.3 Å². The van der Waals surface area contributed by atoms with Crippen LogP contribution in [-0.2, 0) is 14.2 Å². The summed E-state index contributed by atoms with van der Waals surface area (Å²) < 4.78 is 18.9. The predicted molar refractivity (Wildman–Crippen MR) is 142 cm³/mol.